The molecule has 2 heterocycles. The number of carbonyl (C=O) groups is 1. The van der Waals surface area contributed by atoms with Crippen LogP contribution >= 0.6 is 11.6 Å². The molecule has 0 aliphatic heterocycles. The van der Waals surface area contributed by atoms with Crippen molar-refractivity contribution in [2.45, 2.75) is 26.2 Å². The Morgan fingerprint density at radius 2 is 2.10 bits per heavy atom. The molecule has 0 bridgehead atoms. The Bertz CT molecular complexity index is 1200. The number of rotatable bonds is 8. The summed E-state index contributed by atoms with van der Waals surface area (Å²) in [5.74, 6) is 0.856. The molecule has 2 aromatic heterocycles. The summed E-state index contributed by atoms with van der Waals surface area (Å²) >= 11 is 6.13. The number of aryl methyl sites for hydroxylation is 1. The second kappa shape index (κ2) is 9.18. The maximum atomic E-state index is 13.2. The summed E-state index contributed by atoms with van der Waals surface area (Å²) in [7, 11) is 1.86. The minimum atomic E-state index is -0.261. The van der Waals surface area contributed by atoms with Crippen LogP contribution in [0.1, 0.15) is 36.7 Å². The monoisotopic (exact) mass is 438 g/mol. The molecule has 0 fully saturated rings. The number of aromatic amines is 1. The zero-order valence-corrected chi connectivity index (χ0v) is 18.1. The number of para-hydroxylation sites is 1. The molecule has 0 aliphatic carbocycles. The van der Waals surface area contributed by atoms with Gasteiger partial charge in [-0.2, -0.15) is 5.21 Å². The van der Waals surface area contributed by atoms with Gasteiger partial charge in [-0.1, -0.05) is 43.5 Å². The van der Waals surface area contributed by atoms with Gasteiger partial charge in [0.25, 0.3) is 5.91 Å². The number of carbonyl (C=O) groups excluding carboxylic acids is 1. The van der Waals surface area contributed by atoms with E-state index in [0.717, 1.165) is 35.9 Å². The van der Waals surface area contributed by atoms with Gasteiger partial charge in [0.05, 0.1) is 17.8 Å². The maximum Gasteiger partial charge on any atom is 0.272 e. The number of nitrogens with one attached hydrogen (secondary N) is 2. The van der Waals surface area contributed by atoms with Gasteiger partial charge in [-0.15, -0.1) is 10.2 Å². The van der Waals surface area contributed by atoms with Crippen LogP contribution < -0.4 is 10.1 Å². The fourth-order valence-electron chi connectivity index (χ4n) is 3.52. The van der Waals surface area contributed by atoms with Crippen molar-refractivity contribution in [3.05, 3.63) is 53.2 Å². The van der Waals surface area contributed by atoms with E-state index >= 15 is 0 Å². The number of unbranched alkanes of at least 4 members (excludes halogenated alkanes) is 2. The van der Waals surface area contributed by atoms with E-state index in [0.29, 0.717) is 34.4 Å². The lowest BCUT2D eigenvalue weighted by atomic mass is 10.1. The zero-order chi connectivity index (χ0) is 21.8. The molecular weight excluding hydrogens is 416 g/mol. The molecule has 9 heteroatoms. The molecule has 0 saturated heterocycles. The van der Waals surface area contributed by atoms with Crippen LogP contribution in [0, 0.1) is 0 Å². The highest BCUT2D eigenvalue weighted by molar-refractivity contribution is 6.31. The van der Waals surface area contributed by atoms with Gasteiger partial charge < -0.3 is 14.6 Å². The van der Waals surface area contributed by atoms with Crippen LogP contribution in [0.3, 0.4) is 0 Å². The van der Waals surface area contributed by atoms with Gasteiger partial charge in [0, 0.05) is 23.0 Å². The summed E-state index contributed by atoms with van der Waals surface area (Å²) in [6, 6.07) is 12.8. The summed E-state index contributed by atoms with van der Waals surface area (Å²) in [5.41, 5.74) is 2.51. The highest BCUT2D eigenvalue weighted by atomic mass is 35.5. The normalized spacial score (nSPS) is 11.1. The first-order valence-electron chi connectivity index (χ1n) is 10.1. The topological polar surface area (TPSA) is 97.7 Å². The van der Waals surface area contributed by atoms with Gasteiger partial charge in [0.2, 0.25) is 5.82 Å². The Morgan fingerprint density at radius 1 is 1.23 bits per heavy atom. The van der Waals surface area contributed by atoms with Crippen molar-refractivity contribution in [1.29, 1.82) is 0 Å². The van der Waals surface area contributed by atoms with Gasteiger partial charge in [0.15, 0.2) is 0 Å². The Morgan fingerprint density at radius 3 is 2.87 bits per heavy atom. The molecule has 0 unspecified atom stereocenters. The van der Waals surface area contributed by atoms with E-state index in [1.54, 1.807) is 18.2 Å². The molecule has 160 valence electrons. The third-order valence-electron chi connectivity index (χ3n) is 5.07. The van der Waals surface area contributed by atoms with Crippen LogP contribution in [0.2, 0.25) is 5.02 Å². The number of benzene rings is 2. The van der Waals surface area contributed by atoms with Crippen molar-refractivity contribution in [3.8, 4) is 17.1 Å². The third-order valence-corrected chi connectivity index (χ3v) is 5.31. The molecular formula is C22H23ClN6O2. The lowest BCUT2D eigenvalue weighted by Gasteiger charge is -2.11. The first-order valence-corrected chi connectivity index (χ1v) is 10.5. The van der Waals surface area contributed by atoms with Crippen LogP contribution in [0.5, 0.6) is 5.75 Å². The minimum Gasteiger partial charge on any atom is -0.491 e. The number of nitrogens with zero attached hydrogens (tertiary/aromatic N) is 4. The number of hydrogen-bond donors (Lipinski definition) is 2. The van der Waals surface area contributed by atoms with E-state index < -0.39 is 0 Å². The second-order valence-electron chi connectivity index (χ2n) is 7.22. The van der Waals surface area contributed by atoms with Gasteiger partial charge in [-0.05, 0) is 42.0 Å². The van der Waals surface area contributed by atoms with Crippen molar-refractivity contribution in [1.82, 2.24) is 25.2 Å². The lowest BCUT2D eigenvalue weighted by molar-refractivity contribution is 0.102. The minimum absolute atomic E-state index is 0.261. The van der Waals surface area contributed by atoms with Crippen molar-refractivity contribution in [3.63, 3.8) is 0 Å². The van der Waals surface area contributed by atoms with Crippen molar-refractivity contribution in [2.75, 3.05) is 11.9 Å². The molecule has 2 N–H and O–H groups in total. The van der Waals surface area contributed by atoms with Gasteiger partial charge in [0.1, 0.15) is 11.4 Å². The number of aromatic nitrogens is 5. The van der Waals surface area contributed by atoms with Crippen molar-refractivity contribution < 1.29 is 9.53 Å². The Hall–Kier alpha value is -3.39. The molecule has 0 saturated carbocycles. The number of hydrogen-bond acceptors (Lipinski definition) is 5. The molecule has 4 rings (SSSR count). The van der Waals surface area contributed by atoms with E-state index in [1.807, 2.05) is 35.9 Å². The van der Waals surface area contributed by atoms with E-state index in [4.69, 9.17) is 16.3 Å². The SMILES string of the molecule is CCCCCOc1cccc2cc(C(=O)Nc3ccc(Cl)cc3-c3nn[nH]n3)n(C)c12. The summed E-state index contributed by atoms with van der Waals surface area (Å²) in [6.07, 6.45) is 3.26. The summed E-state index contributed by atoms with van der Waals surface area (Å²) < 4.78 is 7.85. The number of anilines is 1. The van der Waals surface area contributed by atoms with Crippen molar-refractivity contribution in [2.24, 2.45) is 7.05 Å². The molecule has 0 aliphatic rings. The van der Waals surface area contributed by atoms with Gasteiger partial charge >= 0.3 is 0 Å². The van der Waals surface area contributed by atoms with Crippen molar-refractivity contribution >= 4 is 34.1 Å². The average Bonchev–Trinajstić information content (AvgIpc) is 3.41. The first kappa shape index (κ1) is 20.9. The van der Waals surface area contributed by atoms with E-state index in [1.165, 1.54) is 0 Å². The Balaban J connectivity index is 1.63. The van der Waals surface area contributed by atoms with Crippen LogP contribution in [-0.2, 0) is 7.05 Å². The number of ether oxygens (including phenoxy) is 1. The summed E-state index contributed by atoms with van der Waals surface area (Å²) in [5, 5.41) is 18.4. The maximum absolute atomic E-state index is 13.2. The molecule has 8 nitrogen and oxygen atoms in total. The van der Waals surface area contributed by atoms with Crippen LogP contribution in [0.25, 0.3) is 22.3 Å². The molecule has 2 aromatic carbocycles. The quantitative estimate of drug-likeness (QED) is 0.384. The number of amides is 1. The number of fused-ring (bicyclic) bond motifs is 1. The predicted octanol–water partition coefficient (Wildman–Crippen LogP) is 4.83. The standard InChI is InChI=1S/C22H23ClN6O2/c1-3-4-5-11-31-19-8-6-7-14-12-18(29(2)20(14)19)22(30)24-17-10-9-15(23)13-16(17)21-25-27-28-26-21/h6-10,12-13H,3-5,11H2,1-2H3,(H,24,30)(H,25,26,27,28). The first-order chi connectivity index (χ1) is 15.1. The number of tetrazole rings is 1. The highest BCUT2D eigenvalue weighted by Crippen LogP contribution is 2.31. The molecule has 4 aromatic rings. The Kier molecular flexibility index (Phi) is 6.18. The number of halogens is 1. The van der Waals surface area contributed by atoms with E-state index in [2.05, 4.69) is 32.9 Å². The summed E-state index contributed by atoms with van der Waals surface area (Å²) in [6.45, 7) is 2.81. The largest absolute Gasteiger partial charge is 0.491 e. The van der Waals surface area contributed by atoms with Crippen LogP contribution in [0.4, 0.5) is 5.69 Å². The second-order valence-corrected chi connectivity index (χ2v) is 7.65. The van der Waals surface area contributed by atoms with Gasteiger partial charge in [-0.25, -0.2) is 0 Å². The molecule has 1 amide bonds. The fourth-order valence-corrected chi connectivity index (χ4v) is 3.69. The third kappa shape index (κ3) is 4.39. The lowest BCUT2D eigenvalue weighted by Crippen LogP contribution is -2.16. The molecule has 31 heavy (non-hydrogen) atoms. The average molecular weight is 439 g/mol. The number of H-pyrrole nitrogens is 1. The van der Waals surface area contributed by atoms with E-state index in [9.17, 15) is 4.79 Å². The van der Waals surface area contributed by atoms with E-state index in [-0.39, 0.29) is 5.91 Å². The van der Waals surface area contributed by atoms with Gasteiger partial charge in [-0.3, -0.25) is 4.79 Å². The molecule has 0 radical (unpaired) electrons. The predicted molar refractivity (Wildman–Crippen MR) is 121 cm³/mol. The van der Waals surface area contributed by atoms with Crippen LogP contribution in [0.15, 0.2) is 42.5 Å². The fraction of sp³-hybridized carbons (Fsp3) is 0.273. The zero-order valence-electron chi connectivity index (χ0n) is 17.4. The molecule has 0 atom stereocenters. The molecule has 0 spiro atoms. The smallest absolute Gasteiger partial charge is 0.272 e. The van der Waals surface area contributed by atoms with Crippen LogP contribution in [-0.4, -0.2) is 37.7 Å². The summed E-state index contributed by atoms with van der Waals surface area (Å²) in [4.78, 5) is 13.2. The highest BCUT2D eigenvalue weighted by Gasteiger charge is 2.19. The Labute approximate surface area is 184 Å².